The Labute approximate surface area is 172 Å². The summed E-state index contributed by atoms with van der Waals surface area (Å²) in [5, 5.41) is 2.77. The molecule has 0 fully saturated rings. The third kappa shape index (κ3) is 6.54. The van der Waals surface area contributed by atoms with Crippen molar-refractivity contribution in [1.82, 2.24) is 10.0 Å². The van der Waals surface area contributed by atoms with Gasteiger partial charge in [-0.25, -0.2) is 12.8 Å². The van der Waals surface area contributed by atoms with Crippen molar-refractivity contribution < 1.29 is 17.6 Å². The lowest BCUT2D eigenvalue weighted by Crippen LogP contribution is -2.50. The fraction of sp³-hybridized carbons (Fsp3) is 0.381. The molecule has 2 N–H and O–H groups in total. The largest absolute Gasteiger partial charge is 0.375 e. The van der Waals surface area contributed by atoms with Crippen molar-refractivity contribution in [3.8, 4) is 0 Å². The smallest absolute Gasteiger partial charge is 0.244 e. The van der Waals surface area contributed by atoms with E-state index >= 15 is 0 Å². The number of nitrogens with one attached hydrogen (secondary N) is 2. The van der Waals surface area contributed by atoms with Crippen LogP contribution in [0.4, 0.5) is 10.1 Å². The molecule has 0 spiro atoms. The minimum Gasteiger partial charge on any atom is -0.375 e. The van der Waals surface area contributed by atoms with Crippen LogP contribution in [0.25, 0.3) is 0 Å². The van der Waals surface area contributed by atoms with Gasteiger partial charge in [0.2, 0.25) is 15.9 Å². The first-order valence-electron chi connectivity index (χ1n) is 9.53. The average molecular weight is 422 g/mol. The van der Waals surface area contributed by atoms with E-state index < -0.39 is 32.7 Å². The van der Waals surface area contributed by atoms with Gasteiger partial charge in [0.05, 0.1) is 0 Å². The molecule has 2 rings (SSSR count). The molecule has 0 aromatic heterocycles. The molecular weight excluding hydrogens is 393 g/mol. The summed E-state index contributed by atoms with van der Waals surface area (Å²) in [5.41, 5.74) is 1.08. The van der Waals surface area contributed by atoms with Gasteiger partial charge in [-0.1, -0.05) is 44.2 Å². The summed E-state index contributed by atoms with van der Waals surface area (Å²) in [7, 11) is -2.19. The molecule has 29 heavy (non-hydrogen) atoms. The van der Waals surface area contributed by atoms with Gasteiger partial charge in [0, 0.05) is 25.8 Å². The van der Waals surface area contributed by atoms with E-state index in [0.717, 1.165) is 18.3 Å². The van der Waals surface area contributed by atoms with E-state index in [4.69, 9.17) is 0 Å². The highest BCUT2D eigenvalue weighted by molar-refractivity contribution is 7.89. The van der Waals surface area contributed by atoms with E-state index in [1.807, 2.05) is 37.4 Å². The van der Waals surface area contributed by atoms with E-state index in [9.17, 15) is 17.6 Å². The summed E-state index contributed by atoms with van der Waals surface area (Å²) >= 11 is 0. The number of sulfonamides is 1. The quantitative estimate of drug-likeness (QED) is 0.578. The summed E-state index contributed by atoms with van der Waals surface area (Å²) < 4.78 is 41.2. The van der Waals surface area contributed by atoms with Crippen molar-refractivity contribution in [2.75, 3.05) is 25.0 Å². The number of anilines is 1. The number of nitrogens with zero attached hydrogens (tertiary/aromatic N) is 1. The third-order valence-electron chi connectivity index (χ3n) is 4.52. The lowest BCUT2D eigenvalue weighted by molar-refractivity contribution is -0.123. The van der Waals surface area contributed by atoms with E-state index in [-0.39, 0.29) is 5.92 Å². The van der Waals surface area contributed by atoms with E-state index in [0.29, 0.717) is 13.0 Å². The Hall–Kier alpha value is -2.45. The second kappa shape index (κ2) is 10.4. The van der Waals surface area contributed by atoms with Crippen LogP contribution < -0.4 is 14.9 Å². The SMILES string of the molecule is CC(C)[C@@H](NS(=O)(=O)c1ccccc1F)C(=O)NCCCN(C)c1ccccc1. The van der Waals surface area contributed by atoms with Gasteiger partial charge in [0.15, 0.2) is 0 Å². The molecule has 2 aromatic carbocycles. The molecule has 1 atom stereocenters. The summed E-state index contributed by atoms with van der Waals surface area (Å²) in [5.74, 6) is -1.59. The van der Waals surface area contributed by atoms with Gasteiger partial charge < -0.3 is 10.2 Å². The molecule has 0 unspecified atom stereocenters. The van der Waals surface area contributed by atoms with Crippen LogP contribution in [0.1, 0.15) is 20.3 Å². The molecule has 0 saturated heterocycles. The highest BCUT2D eigenvalue weighted by Gasteiger charge is 2.29. The number of para-hydroxylation sites is 1. The first-order valence-corrected chi connectivity index (χ1v) is 11.0. The predicted molar refractivity (Wildman–Crippen MR) is 113 cm³/mol. The maximum atomic E-state index is 13.9. The lowest BCUT2D eigenvalue weighted by Gasteiger charge is -2.23. The van der Waals surface area contributed by atoms with Gasteiger partial charge in [-0.05, 0) is 36.6 Å². The molecular formula is C21H28FN3O3S. The van der Waals surface area contributed by atoms with E-state index in [1.165, 1.54) is 18.2 Å². The molecule has 0 aliphatic heterocycles. The normalized spacial score (nSPS) is 12.6. The summed E-state index contributed by atoms with van der Waals surface area (Å²) in [6, 6.07) is 14.0. The number of hydrogen-bond donors (Lipinski definition) is 2. The van der Waals surface area contributed by atoms with Crippen molar-refractivity contribution in [2.24, 2.45) is 5.92 Å². The first-order chi connectivity index (χ1) is 13.7. The van der Waals surface area contributed by atoms with Crippen LogP contribution in [0.5, 0.6) is 0 Å². The molecule has 0 bridgehead atoms. The predicted octanol–water partition coefficient (Wildman–Crippen LogP) is 2.77. The Bertz CT molecular complexity index is 904. The summed E-state index contributed by atoms with van der Waals surface area (Å²) in [4.78, 5) is 14.2. The average Bonchev–Trinajstić information content (AvgIpc) is 2.69. The van der Waals surface area contributed by atoms with Gasteiger partial charge >= 0.3 is 0 Å². The number of benzene rings is 2. The van der Waals surface area contributed by atoms with Crippen LogP contribution in [-0.4, -0.2) is 40.5 Å². The van der Waals surface area contributed by atoms with Crippen LogP contribution in [0, 0.1) is 11.7 Å². The fourth-order valence-electron chi connectivity index (χ4n) is 2.84. The van der Waals surface area contributed by atoms with Gasteiger partial charge in [-0.15, -0.1) is 0 Å². The number of amides is 1. The van der Waals surface area contributed by atoms with E-state index in [2.05, 4.69) is 14.9 Å². The Morgan fingerprint density at radius 3 is 2.31 bits per heavy atom. The zero-order chi connectivity index (χ0) is 21.4. The lowest BCUT2D eigenvalue weighted by atomic mass is 10.1. The number of rotatable bonds is 10. The summed E-state index contributed by atoms with van der Waals surface area (Å²) in [6.07, 6.45) is 0.696. The maximum Gasteiger partial charge on any atom is 0.244 e. The Balaban J connectivity index is 1.92. The number of carbonyl (C=O) groups is 1. The number of carbonyl (C=O) groups excluding carboxylic acids is 1. The van der Waals surface area contributed by atoms with Crippen LogP contribution in [0.3, 0.4) is 0 Å². The molecule has 0 aliphatic carbocycles. The molecule has 0 aliphatic rings. The van der Waals surface area contributed by atoms with Crippen LogP contribution in [0.15, 0.2) is 59.5 Å². The van der Waals surface area contributed by atoms with Gasteiger partial charge in [-0.3, -0.25) is 4.79 Å². The minimum atomic E-state index is -4.15. The van der Waals surface area contributed by atoms with Crippen molar-refractivity contribution >= 4 is 21.6 Å². The molecule has 0 heterocycles. The fourth-order valence-corrected chi connectivity index (χ4v) is 4.26. The first kappa shape index (κ1) is 22.8. The van der Waals surface area contributed by atoms with Gasteiger partial charge in [0.25, 0.3) is 0 Å². The zero-order valence-corrected chi connectivity index (χ0v) is 17.7. The Morgan fingerprint density at radius 2 is 1.69 bits per heavy atom. The Morgan fingerprint density at radius 1 is 1.07 bits per heavy atom. The highest BCUT2D eigenvalue weighted by Crippen LogP contribution is 2.15. The van der Waals surface area contributed by atoms with Crippen molar-refractivity contribution in [1.29, 1.82) is 0 Å². The third-order valence-corrected chi connectivity index (χ3v) is 6.00. The molecule has 158 valence electrons. The van der Waals surface area contributed by atoms with Crippen LogP contribution in [-0.2, 0) is 14.8 Å². The second-order valence-corrected chi connectivity index (χ2v) is 8.86. The molecule has 8 heteroatoms. The second-order valence-electron chi connectivity index (χ2n) is 7.18. The molecule has 2 aromatic rings. The van der Waals surface area contributed by atoms with Gasteiger partial charge in [-0.2, -0.15) is 4.72 Å². The van der Waals surface area contributed by atoms with Crippen LogP contribution >= 0.6 is 0 Å². The van der Waals surface area contributed by atoms with E-state index in [1.54, 1.807) is 13.8 Å². The maximum absolute atomic E-state index is 13.9. The number of hydrogen-bond acceptors (Lipinski definition) is 4. The topological polar surface area (TPSA) is 78.5 Å². The minimum absolute atomic E-state index is 0.302. The molecule has 0 saturated carbocycles. The van der Waals surface area contributed by atoms with Crippen LogP contribution in [0.2, 0.25) is 0 Å². The zero-order valence-electron chi connectivity index (χ0n) is 16.9. The molecule has 6 nitrogen and oxygen atoms in total. The van der Waals surface area contributed by atoms with Crippen molar-refractivity contribution in [3.63, 3.8) is 0 Å². The number of halogens is 1. The van der Waals surface area contributed by atoms with Gasteiger partial charge in [0.1, 0.15) is 16.8 Å². The van der Waals surface area contributed by atoms with Crippen molar-refractivity contribution in [3.05, 3.63) is 60.4 Å². The highest BCUT2D eigenvalue weighted by atomic mass is 32.2. The molecule has 1 amide bonds. The molecule has 0 radical (unpaired) electrons. The monoisotopic (exact) mass is 421 g/mol. The standard InChI is InChI=1S/C21H28FN3O3S/c1-16(2)20(24-29(27,28)19-13-8-7-12-18(19)22)21(26)23-14-9-15-25(3)17-10-5-4-6-11-17/h4-8,10-13,16,20,24H,9,14-15H2,1-3H3,(H,23,26)/t20-/m1/s1. The Kier molecular flexibility index (Phi) is 8.16. The van der Waals surface area contributed by atoms with Crippen molar-refractivity contribution in [2.45, 2.75) is 31.2 Å². The summed E-state index contributed by atoms with van der Waals surface area (Å²) in [6.45, 7) is 4.60.